The Kier molecular flexibility index (Phi) is 3.81. The molecule has 5 aliphatic rings. The summed E-state index contributed by atoms with van der Waals surface area (Å²) in [7, 11) is 1.64. The van der Waals surface area contributed by atoms with Gasteiger partial charge in [0, 0.05) is 13.5 Å². The number of amides is 2. The average molecular weight is 448 g/mol. The third kappa shape index (κ3) is 2.24. The van der Waals surface area contributed by atoms with Crippen molar-refractivity contribution < 1.29 is 19.1 Å². The van der Waals surface area contributed by atoms with Crippen LogP contribution in [-0.2, 0) is 9.59 Å². The number of benzene rings is 1. The summed E-state index contributed by atoms with van der Waals surface area (Å²) in [4.78, 5) is 28.1. The first-order valence-electron chi connectivity index (χ1n) is 9.01. The Balaban J connectivity index is 1.74. The van der Waals surface area contributed by atoms with Gasteiger partial charge in [-0.2, -0.15) is 5.26 Å². The average Bonchev–Trinajstić information content (AvgIpc) is 3.21. The lowest BCUT2D eigenvalue weighted by Gasteiger charge is -2.50. The second-order valence-electron chi connectivity index (χ2n) is 7.98. The molecule has 0 saturated carbocycles. The fourth-order valence-electron chi connectivity index (χ4n) is 4.72. The standard InChI is InChI=1S/C19H17N3O4S3/c1-17(8-20)7-19-15(24)21(3)18(2,28-16(27)29-19)14(23)22(19)13(17)10-4-5-11-12(6-10)26-9-25-11/h4-6,13H,7,9H2,1-3H3/t13-,17+,18-,19?/m0/s1. The van der Waals surface area contributed by atoms with Crippen LogP contribution >= 0.6 is 35.7 Å². The Hall–Kier alpha value is -1.96. The Bertz CT molecular complexity index is 1040. The Morgan fingerprint density at radius 1 is 1.21 bits per heavy atom. The first-order chi connectivity index (χ1) is 13.7. The molecule has 7 nitrogen and oxygen atoms in total. The number of carbonyl (C=O) groups excluding carboxylic acids is 2. The number of carbonyl (C=O) groups is 2. The molecular weight excluding hydrogens is 430 g/mol. The Morgan fingerprint density at radius 3 is 2.66 bits per heavy atom. The number of ether oxygens (including phenoxy) is 2. The third-order valence-corrected chi connectivity index (χ3v) is 9.29. The zero-order chi connectivity index (χ0) is 20.8. The summed E-state index contributed by atoms with van der Waals surface area (Å²) in [6.45, 7) is 3.66. The topological polar surface area (TPSA) is 82.9 Å². The highest BCUT2D eigenvalue weighted by atomic mass is 32.2. The summed E-state index contributed by atoms with van der Waals surface area (Å²) >= 11 is 7.97. The third-order valence-electron chi connectivity index (χ3n) is 6.25. The number of hydrogen-bond donors (Lipinski definition) is 0. The van der Waals surface area contributed by atoms with E-state index in [1.54, 1.807) is 37.9 Å². The molecule has 29 heavy (non-hydrogen) atoms. The lowest BCUT2D eigenvalue weighted by molar-refractivity contribution is -0.163. The van der Waals surface area contributed by atoms with E-state index >= 15 is 0 Å². The number of likely N-dealkylation sites (N-methyl/N-ethyl adjacent to an activating group) is 1. The SMILES string of the molecule is CN1C(=O)C23C[C@](C)(C#N)[C@H](c4ccc5c(c4)OCO5)N2C(=O)[C@]1(C)SC(=S)S3. The van der Waals surface area contributed by atoms with Crippen LogP contribution in [0.4, 0.5) is 0 Å². The van der Waals surface area contributed by atoms with Crippen molar-refractivity contribution in [3.05, 3.63) is 23.8 Å². The Labute approximate surface area is 181 Å². The molecule has 1 aromatic rings. The van der Waals surface area contributed by atoms with Gasteiger partial charge in [-0.25, -0.2) is 0 Å². The number of nitriles is 1. The van der Waals surface area contributed by atoms with Crippen LogP contribution in [0.15, 0.2) is 18.2 Å². The summed E-state index contributed by atoms with van der Waals surface area (Å²) in [5.41, 5.74) is -0.234. The molecule has 6 rings (SSSR count). The fraction of sp³-hybridized carbons (Fsp3) is 0.474. The minimum atomic E-state index is -1.22. The summed E-state index contributed by atoms with van der Waals surface area (Å²) in [5, 5.41) is 10.1. The van der Waals surface area contributed by atoms with Gasteiger partial charge >= 0.3 is 0 Å². The van der Waals surface area contributed by atoms with E-state index < -0.39 is 21.2 Å². The number of hydrogen-bond acceptors (Lipinski definition) is 8. The van der Waals surface area contributed by atoms with Gasteiger partial charge < -0.3 is 19.3 Å². The molecule has 0 aliphatic carbocycles. The first kappa shape index (κ1) is 19.0. The zero-order valence-electron chi connectivity index (χ0n) is 15.9. The molecule has 4 saturated heterocycles. The largest absolute Gasteiger partial charge is 0.454 e. The van der Waals surface area contributed by atoms with Crippen LogP contribution < -0.4 is 9.47 Å². The van der Waals surface area contributed by atoms with E-state index in [0.29, 0.717) is 15.0 Å². The van der Waals surface area contributed by atoms with Gasteiger partial charge in [0.2, 0.25) is 6.79 Å². The molecule has 2 bridgehead atoms. The van der Waals surface area contributed by atoms with E-state index in [4.69, 9.17) is 21.7 Å². The number of thioether (sulfide) groups is 2. The van der Waals surface area contributed by atoms with Gasteiger partial charge in [-0.1, -0.05) is 41.8 Å². The highest BCUT2D eigenvalue weighted by Crippen LogP contribution is 2.65. The molecule has 0 N–H and O–H groups in total. The minimum absolute atomic E-state index is 0.133. The van der Waals surface area contributed by atoms with Crippen LogP contribution in [0.1, 0.15) is 31.9 Å². The predicted octanol–water partition coefficient (Wildman–Crippen LogP) is 2.87. The molecular formula is C19H17N3O4S3. The second-order valence-corrected chi connectivity index (χ2v) is 11.9. The maximum atomic E-state index is 13.8. The van der Waals surface area contributed by atoms with Gasteiger partial charge in [0.15, 0.2) is 21.2 Å². The summed E-state index contributed by atoms with van der Waals surface area (Å²) in [6.07, 6.45) is 0.200. The molecule has 5 aliphatic heterocycles. The van der Waals surface area contributed by atoms with Crippen molar-refractivity contribution >= 4 is 51.1 Å². The van der Waals surface area contributed by atoms with E-state index in [2.05, 4.69) is 6.07 Å². The molecule has 0 radical (unpaired) electrons. The molecule has 1 spiro atoms. The quantitative estimate of drug-likeness (QED) is 0.608. The minimum Gasteiger partial charge on any atom is -0.454 e. The van der Waals surface area contributed by atoms with Crippen molar-refractivity contribution in [2.24, 2.45) is 5.41 Å². The van der Waals surface area contributed by atoms with Crippen molar-refractivity contribution in [1.82, 2.24) is 9.80 Å². The summed E-state index contributed by atoms with van der Waals surface area (Å²) in [5.74, 6) is 0.793. The van der Waals surface area contributed by atoms with Crippen LogP contribution in [0, 0.1) is 16.7 Å². The summed E-state index contributed by atoms with van der Waals surface area (Å²) < 4.78 is 11.4. The highest BCUT2D eigenvalue weighted by molar-refractivity contribution is 8.48. The predicted molar refractivity (Wildman–Crippen MR) is 112 cm³/mol. The maximum Gasteiger partial charge on any atom is 0.261 e. The van der Waals surface area contributed by atoms with Crippen LogP contribution in [0.3, 0.4) is 0 Å². The lowest BCUT2D eigenvalue weighted by Crippen LogP contribution is -2.69. The van der Waals surface area contributed by atoms with Crippen molar-refractivity contribution in [2.75, 3.05) is 13.8 Å². The fourth-order valence-corrected chi connectivity index (χ4v) is 8.57. The highest BCUT2D eigenvalue weighted by Gasteiger charge is 2.73. The smallest absolute Gasteiger partial charge is 0.261 e. The van der Waals surface area contributed by atoms with Crippen LogP contribution in [0.25, 0.3) is 0 Å². The van der Waals surface area contributed by atoms with Gasteiger partial charge in [0.1, 0.15) is 3.53 Å². The zero-order valence-corrected chi connectivity index (χ0v) is 18.4. The van der Waals surface area contributed by atoms with Gasteiger partial charge in [0.05, 0.1) is 17.5 Å². The lowest BCUT2D eigenvalue weighted by atomic mass is 9.79. The normalized spacial score (nSPS) is 37.6. The van der Waals surface area contributed by atoms with E-state index in [1.807, 2.05) is 6.07 Å². The van der Waals surface area contributed by atoms with E-state index in [9.17, 15) is 14.9 Å². The second kappa shape index (κ2) is 5.80. The van der Waals surface area contributed by atoms with E-state index in [1.165, 1.54) is 28.4 Å². The molecule has 10 heteroatoms. The molecule has 4 fully saturated rings. The van der Waals surface area contributed by atoms with Gasteiger partial charge in [-0.3, -0.25) is 9.59 Å². The number of piperazine rings is 1. The monoisotopic (exact) mass is 447 g/mol. The molecule has 0 aromatic heterocycles. The van der Waals surface area contributed by atoms with Crippen molar-refractivity contribution in [1.29, 1.82) is 5.26 Å². The number of thiocarbonyl (C=S) groups is 1. The van der Waals surface area contributed by atoms with Crippen LogP contribution in [-0.4, -0.2) is 48.7 Å². The summed E-state index contributed by atoms with van der Waals surface area (Å²) in [6, 6.07) is 7.21. The van der Waals surface area contributed by atoms with E-state index in [-0.39, 0.29) is 25.0 Å². The Morgan fingerprint density at radius 2 is 1.93 bits per heavy atom. The molecule has 4 atom stereocenters. The maximum absolute atomic E-state index is 13.8. The van der Waals surface area contributed by atoms with Gasteiger partial charge in [-0.05, 0) is 31.5 Å². The molecule has 2 amide bonds. The van der Waals surface area contributed by atoms with Crippen LogP contribution in [0.5, 0.6) is 11.5 Å². The van der Waals surface area contributed by atoms with Crippen molar-refractivity contribution in [3.63, 3.8) is 0 Å². The molecule has 1 aromatic carbocycles. The number of rotatable bonds is 1. The van der Waals surface area contributed by atoms with Gasteiger partial charge in [-0.15, -0.1) is 0 Å². The van der Waals surface area contributed by atoms with E-state index in [0.717, 1.165) is 5.56 Å². The van der Waals surface area contributed by atoms with Crippen molar-refractivity contribution in [3.8, 4) is 17.6 Å². The molecule has 5 heterocycles. The molecule has 150 valence electrons. The van der Waals surface area contributed by atoms with Gasteiger partial charge in [0.25, 0.3) is 11.8 Å². The number of nitrogens with zero attached hydrogens (tertiary/aromatic N) is 3. The molecule has 1 unspecified atom stereocenters. The van der Waals surface area contributed by atoms with Crippen molar-refractivity contribution in [2.45, 2.75) is 36.1 Å². The first-order valence-corrected chi connectivity index (χ1v) is 11.1. The van der Waals surface area contributed by atoms with Crippen LogP contribution in [0.2, 0.25) is 0 Å². The number of fused-ring (bicyclic) bond motifs is 4.